The van der Waals surface area contributed by atoms with E-state index in [0.717, 1.165) is 16.9 Å². The Morgan fingerprint density at radius 2 is 1.87 bits per heavy atom. The molecule has 0 spiro atoms. The summed E-state index contributed by atoms with van der Waals surface area (Å²) >= 11 is 0. The maximum atomic E-state index is 13.8. The molecule has 0 fully saturated rings. The fraction of sp³-hybridized carbons (Fsp3) is 0.360. The number of allylic oxidation sites excluding steroid dienone is 1. The Kier molecular flexibility index (Phi) is 7.84. The van der Waals surface area contributed by atoms with Gasteiger partial charge >= 0.3 is 0 Å². The summed E-state index contributed by atoms with van der Waals surface area (Å²) in [6.07, 6.45) is 3.55. The number of hydrogen-bond acceptors (Lipinski definition) is 4. The summed E-state index contributed by atoms with van der Waals surface area (Å²) in [5, 5.41) is 2.91. The Hall–Kier alpha value is -3.12. The number of nitrogens with one attached hydrogen (secondary N) is 1. The first-order valence-electron chi connectivity index (χ1n) is 10.6. The fourth-order valence-electron chi connectivity index (χ4n) is 3.82. The van der Waals surface area contributed by atoms with E-state index in [2.05, 4.69) is 10.2 Å². The molecule has 0 bridgehead atoms. The van der Waals surface area contributed by atoms with Gasteiger partial charge in [-0.15, -0.1) is 0 Å². The van der Waals surface area contributed by atoms with Crippen LogP contribution in [-0.4, -0.2) is 60.9 Å². The van der Waals surface area contributed by atoms with Gasteiger partial charge in [-0.05, 0) is 38.7 Å². The first kappa shape index (κ1) is 22.6. The van der Waals surface area contributed by atoms with Gasteiger partial charge in [0.15, 0.2) is 0 Å². The predicted octanol–water partition coefficient (Wildman–Crippen LogP) is 2.64. The molecule has 6 nitrogen and oxygen atoms in total. The molecule has 2 atom stereocenters. The van der Waals surface area contributed by atoms with Gasteiger partial charge < -0.3 is 19.9 Å². The molecule has 2 amide bonds. The normalized spacial score (nSPS) is 17.0. The summed E-state index contributed by atoms with van der Waals surface area (Å²) in [6.45, 7) is 3.30. The molecule has 3 rings (SSSR count). The number of carbonyl (C=O) groups excluding carboxylic acids is 2. The van der Waals surface area contributed by atoms with Crippen molar-refractivity contribution < 1.29 is 14.3 Å². The van der Waals surface area contributed by atoms with E-state index in [-0.39, 0.29) is 17.9 Å². The Bertz CT molecular complexity index is 911. The number of benzene rings is 2. The van der Waals surface area contributed by atoms with Crippen molar-refractivity contribution in [3.05, 3.63) is 77.9 Å². The quantitative estimate of drug-likeness (QED) is 0.699. The summed E-state index contributed by atoms with van der Waals surface area (Å²) in [6, 6.07) is 16.8. The van der Waals surface area contributed by atoms with Gasteiger partial charge in [-0.25, -0.2) is 0 Å². The average molecular weight is 422 g/mol. The lowest BCUT2D eigenvalue weighted by Gasteiger charge is -2.34. The summed E-state index contributed by atoms with van der Waals surface area (Å²) in [7, 11) is 3.96. The Morgan fingerprint density at radius 1 is 1.16 bits per heavy atom. The highest BCUT2D eigenvalue weighted by molar-refractivity contribution is 5.93. The number of hydrogen-bond donors (Lipinski definition) is 1. The maximum absolute atomic E-state index is 13.8. The van der Waals surface area contributed by atoms with Crippen LogP contribution < -0.4 is 10.1 Å². The van der Waals surface area contributed by atoms with Crippen LogP contribution in [0.1, 0.15) is 18.1 Å². The van der Waals surface area contributed by atoms with E-state index in [9.17, 15) is 9.59 Å². The first-order chi connectivity index (χ1) is 15.0. The highest BCUT2D eigenvalue weighted by Gasteiger charge is 2.33. The minimum Gasteiger partial charge on any atom is -0.491 e. The number of likely N-dealkylation sites (N-methyl/N-ethyl adjacent to an activating group) is 1. The topological polar surface area (TPSA) is 61.9 Å². The van der Waals surface area contributed by atoms with Crippen LogP contribution in [0.2, 0.25) is 0 Å². The van der Waals surface area contributed by atoms with Gasteiger partial charge in [0.1, 0.15) is 18.4 Å². The van der Waals surface area contributed by atoms with Gasteiger partial charge in [0, 0.05) is 25.1 Å². The van der Waals surface area contributed by atoms with Crippen LogP contribution in [-0.2, 0) is 22.6 Å². The molecular weight excluding hydrogens is 390 g/mol. The summed E-state index contributed by atoms with van der Waals surface area (Å²) in [5.74, 6) is 0.431. The van der Waals surface area contributed by atoms with Crippen molar-refractivity contribution in [2.45, 2.75) is 32.0 Å². The largest absolute Gasteiger partial charge is 0.491 e. The van der Waals surface area contributed by atoms with Crippen molar-refractivity contribution in [1.82, 2.24) is 15.1 Å². The second-order valence-electron chi connectivity index (χ2n) is 8.05. The van der Waals surface area contributed by atoms with E-state index in [1.807, 2.05) is 73.6 Å². The lowest BCUT2D eigenvalue weighted by atomic mass is 10.0. The van der Waals surface area contributed by atoms with Crippen LogP contribution in [0, 0.1) is 0 Å². The van der Waals surface area contributed by atoms with Crippen LogP contribution >= 0.6 is 0 Å². The van der Waals surface area contributed by atoms with Crippen molar-refractivity contribution in [2.24, 2.45) is 0 Å². The highest BCUT2D eigenvalue weighted by atomic mass is 16.5. The van der Waals surface area contributed by atoms with Gasteiger partial charge in [-0.3, -0.25) is 9.59 Å². The van der Waals surface area contributed by atoms with Crippen molar-refractivity contribution >= 4 is 11.8 Å². The Labute approximate surface area is 184 Å². The van der Waals surface area contributed by atoms with Crippen molar-refractivity contribution in [1.29, 1.82) is 0 Å². The van der Waals surface area contributed by atoms with Crippen molar-refractivity contribution in [2.75, 3.05) is 27.2 Å². The summed E-state index contributed by atoms with van der Waals surface area (Å²) in [5.41, 5.74) is 1.97. The van der Waals surface area contributed by atoms with Crippen LogP contribution in [0.3, 0.4) is 0 Å². The zero-order chi connectivity index (χ0) is 22.2. The van der Waals surface area contributed by atoms with Crippen LogP contribution in [0.5, 0.6) is 5.75 Å². The van der Waals surface area contributed by atoms with E-state index >= 15 is 0 Å². The van der Waals surface area contributed by atoms with Gasteiger partial charge in [0.05, 0.1) is 6.04 Å². The smallest absolute Gasteiger partial charge is 0.246 e. The molecule has 0 aromatic heterocycles. The second kappa shape index (κ2) is 10.8. The van der Waals surface area contributed by atoms with Gasteiger partial charge in [-0.1, -0.05) is 54.6 Å². The van der Waals surface area contributed by atoms with Gasteiger partial charge in [-0.2, -0.15) is 0 Å². The van der Waals surface area contributed by atoms with Crippen molar-refractivity contribution in [3.8, 4) is 5.75 Å². The molecule has 1 N–H and O–H groups in total. The molecule has 1 aliphatic rings. The van der Waals surface area contributed by atoms with Gasteiger partial charge in [0.2, 0.25) is 11.8 Å². The first-order valence-corrected chi connectivity index (χ1v) is 10.6. The SMILES string of the molecule is C/C=C/C(=O)N[C@H](Cc1ccccc1)C(=O)N1Cc2ccccc2OC[C@H]1CN(C)C. The maximum Gasteiger partial charge on any atom is 0.246 e. The number of carbonyl (C=O) groups is 2. The van der Waals surface area contributed by atoms with E-state index in [1.54, 1.807) is 13.0 Å². The number of fused-ring (bicyclic) bond motifs is 1. The molecule has 1 aliphatic heterocycles. The second-order valence-corrected chi connectivity index (χ2v) is 8.05. The van der Waals surface area contributed by atoms with E-state index < -0.39 is 6.04 Å². The minimum atomic E-state index is -0.666. The van der Waals surface area contributed by atoms with E-state index in [1.165, 1.54) is 6.08 Å². The average Bonchev–Trinajstić information content (AvgIpc) is 2.93. The standard InChI is InChI=1S/C25H31N3O3/c1-4-10-24(29)26-22(15-19-11-6-5-7-12-19)25(30)28-16-20-13-8-9-14-23(20)31-18-21(28)17-27(2)3/h4-14,21-22H,15-18H2,1-3H3,(H,26,29)/b10-4+/t21-,22-/m1/s1. The summed E-state index contributed by atoms with van der Waals surface area (Å²) < 4.78 is 6.04. The monoisotopic (exact) mass is 421 g/mol. The lowest BCUT2D eigenvalue weighted by molar-refractivity contribution is -0.139. The van der Waals surface area contributed by atoms with Gasteiger partial charge in [0.25, 0.3) is 0 Å². The zero-order valence-electron chi connectivity index (χ0n) is 18.5. The third kappa shape index (κ3) is 6.18. The third-order valence-electron chi connectivity index (χ3n) is 5.26. The van der Waals surface area contributed by atoms with Crippen LogP contribution in [0.4, 0.5) is 0 Å². The molecular formula is C25H31N3O3. The number of amides is 2. The molecule has 164 valence electrons. The Balaban J connectivity index is 1.91. The number of rotatable bonds is 7. The zero-order valence-corrected chi connectivity index (χ0v) is 18.5. The number of ether oxygens (including phenoxy) is 1. The fourth-order valence-corrected chi connectivity index (χ4v) is 3.82. The number of para-hydroxylation sites is 1. The molecule has 0 unspecified atom stereocenters. The number of nitrogens with zero attached hydrogens (tertiary/aromatic N) is 2. The molecule has 2 aromatic carbocycles. The Morgan fingerprint density at radius 3 is 2.58 bits per heavy atom. The molecule has 0 aliphatic carbocycles. The predicted molar refractivity (Wildman–Crippen MR) is 122 cm³/mol. The third-order valence-corrected chi connectivity index (χ3v) is 5.26. The van der Waals surface area contributed by atoms with E-state index in [4.69, 9.17) is 4.74 Å². The summed E-state index contributed by atoms with van der Waals surface area (Å²) in [4.78, 5) is 30.1. The molecule has 0 saturated carbocycles. The molecule has 1 heterocycles. The lowest BCUT2D eigenvalue weighted by Crippen LogP contribution is -2.55. The molecule has 0 radical (unpaired) electrons. The molecule has 0 saturated heterocycles. The minimum absolute atomic E-state index is 0.103. The molecule has 2 aromatic rings. The van der Waals surface area contributed by atoms with E-state index in [0.29, 0.717) is 26.1 Å². The molecule has 6 heteroatoms. The van der Waals surface area contributed by atoms with Crippen LogP contribution in [0.25, 0.3) is 0 Å². The van der Waals surface area contributed by atoms with Crippen LogP contribution in [0.15, 0.2) is 66.7 Å². The highest BCUT2D eigenvalue weighted by Crippen LogP contribution is 2.26. The molecule has 31 heavy (non-hydrogen) atoms. The van der Waals surface area contributed by atoms with Crippen molar-refractivity contribution in [3.63, 3.8) is 0 Å².